The molecular formula is C23H29ClN4O3. The zero-order chi connectivity index (χ0) is 21.8. The monoisotopic (exact) mass is 444 g/mol. The van der Waals surface area contributed by atoms with E-state index in [1.54, 1.807) is 6.20 Å². The van der Waals surface area contributed by atoms with Crippen LogP contribution >= 0.6 is 11.6 Å². The molecule has 2 fully saturated rings. The van der Waals surface area contributed by atoms with E-state index >= 15 is 0 Å². The number of nitrogens with zero attached hydrogens (tertiary/aromatic N) is 3. The van der Waals surface area contributed by atoms with Gasteiger partial charge in [0, 0.05) is 26.1 Å². The fourth-order valence-corrected chi connectivity index (χ4v) is 4.62. The molecule has 31 heavy (non-hydrogen) atoms. The fourth-order valence-electron chi connectivity index (χ4n) is 4.41. The molecule has 1 N–H and O–H groups in total. The highest BCUT2D eigenvalue weighted by Gasteiger charge is 2.32. The number of halogens is 1. The highest BCUT2D eigenvalue weighted by atomic mass is 35.5. The number of aromatic nitrogens is 2. The molecule has 1 amide bonds. The minimum Gasteiger partial charge on any atom is -0.382 e. The Morgan fingerprint density at radius 1 is 1.26 bits per heavy atom. The summed E-state index contributed by atoms with van der Waals surface area (Å²) in [4.78, 5) is 27.6. The highest BCUT2D eigenvalue weighted by Crippen LogP contribution is 2.29. The van der Waals surface area contributed by atoms with Crippen molar-refractivity contribution in [1.82, 2.24) is 14.7 Å². The number of carbonyl (C=O) groups excluding carboxylic acids is 1. The number of anilines is 1. The molecule has 0 saturated carbocycles. The number of nitrogens with one attached hydrogen (secondary N) is 1. The van der Waals surface area contributed by atoms with Crippen molar-refractivity contribution >= 4 is 23.2 Å². The van der Waals surface area contributed by atoms with Crippen molar-refractivity contribution in [3.63, 3.8) is 0 Å². The van der Waals surface area contributed by atoms with Crippen molar-refractivity contribution in [3.05, 3.63) is 57.5 Å². The first-order valence-electron chi connectivity index (χ1n) is 11.0. The molecule has 2 aliphatic heterocycles. The number of hydrogen-bond acceptors (Lipinski definition) is 5. The van der Waals surface area contributed by atoms with Gasteiger partial charge in [0.2, 0.25) is 5.91 Å². The van der Waals surface area contributed by atoms with E-state index < -0.39 is 0 Å². The molecule has 0 aliphatic carbocycles. The lowest BCUT2D eigenvalue weighted by molar-refractivity contribution is -0.137. The highest BCUT2D eigenvalue weighted by molar-refractivity contribution is 6.32. The second-order valence-electron chi connectivity index (χ2n) is 8.41. The first-order chi connectivity index (χ1) is 15.0. The molecule has 2 aromatic rings. The van der Waals surface area contributed by atoms with Gasteiger partial charge in [-0.1, -0.05) is 41.9 Å². The van der Waals surface area contributed by atoms with Crippen LogP contribution in [0.3, 0.4) is 0 Å². The predicted octanol–water partition coefficient (Wildman–Crippen LogP) is 3.66. The summed E-state index contributed by atoms with van der Waals surface area (Å²) in [5.41, 5.74) is 1.29. The quantitative estimate of drug-likeness (QED) is 0.735. The Balaban J connectivity index is 1.41. The third kappa shape index (κ3) is 4.93. The fraction of sp³-hybridized carbons (Fsp3) is 0.522. The molecule has 0 bridgehead atoms. The Morgan fingerprint density at radius 2 is 2.06 bits per heavy atom. The van der Waals surface area contributed by atoms with E-state index in [-0.39, 0.29) is 35.0 Å². The summed E-state index contributed by atoms with van der Waals surface area (Å²) in [6.45, 7) is 4.84. The van der Waals surface area contributed by atoms with E-state index in [0.29, 0.717) is 31.1 Å². The normalized spacial score (nSPS) is 22.9. The molecular weight excluding hydrogens is 416 g/mol. The largest absolute Gasteiger partial charge is 0.382 e. The number of hydrogen-bond donors (Lipinski definition) is 1. The number of amides is 1. The minimum atomic E-state index is -0.353. The molecule has 4 rings (SSSR count). The maximum atomic E-state index is 12.9. The van der Waals surface area contributed by atoms with Gasteiger partial charge in [0.15, 0.2) is 0 Å². The van der Waals surface area contributed by atoms with Crippen LogP contribution in [-0.4, -0.2) is 46.9 Å². The molecule has 166 valence electrons. The van der Waals surface area contributed by atoms with Gasteiger partial charge in [-0.05, 0) is 37.7 Å². The number of rotatable bonds is 6. The average Bonchev–Trinajstić information content (AvgIpc) is 2.81. The summed E-state index contributed by atoms with van der Waals surface area (Å²) in [7, 11) is 0. The number of likely N-dealkylation sites (tertiary alicyclic amines) is 1. The SMILES string of the molecule is C[C@@H](c1ccccc1)N1CCC(n2ncc(NCC3CCCOC3)c(Cl)c2=O)CC1=O. The van der Waals surface area contributed by atoms with Crippen LogP contribution in [0.4, 0.5) is 5.69 Å². The molecule has 7 nitrogen and oxygen atoms in total. The molecule has 1 aromatic heterocycles. The van der Waals surface area contributed by atoms with Crippen LogP contribution in [0.15, 0.2) is 41.3 Å². The molecule has 0 radical (unpaired) electrons. The number of ether oxygens (including phenoxy) is 1. The van der Waals surface area contributed by atoms with Gasteiger partial charge in [-0.25, -0.2) is 4.68 Å². The lowest BCUT2D eigenvalue weighted by Gasteiger charge is -2.36. The number of piperidine rings is 1. The molecule has 0 spiro atoms. The van der Waals surface area contributed by atoms with E-state index in [2.05, 4.69) is 10.4 Å². The maximum Gasteiger partial charge on any atom is 0.287 e. The smallest absolute Gasteiger partial charge is 0.287 e. The summed E-state index contributed by atoms with van der Waals surface area (Å²) in [5, 5.41) is 7.71. The zero-order valence-electron chi connectivity index (χ0n) is 17.8. The first-order valence-corrected chi connectivity index (χ1v) is 11.4. The van der Waals surface area contributed by atoms with E-state index in [1.165, 1.54) is 4.68 Å². The van der Waals surface area contributed by atoms with Crippen LogP contribution < -0.4 is 10.9 Å². The molecule has 3 heterocycles. The van der Waals surface area contributed by atoms with Gasteiger partial charge >= 0.3 is 0 Å². The van der Waals surface area contributed by atoms with E-state index in [0.717, 1.165) is 31.6 Å². The predicted molar refractivity (Wildman–Crippen MR) is 120 cm³/mol. The number of benzene rings is 1. The zero-order valence-corrected chi connectivity index (χ0v) is 18.6. The Morgan fingerprint density at radius 3 is 2.77 bits per heavy atom. The molecule has 2 unspecified atom stereocenters. The van der Waals surface area contributed by atoms with Crippen LogP contribution in [-0.2, 0) is 9.53 Å². The van der Waals surface area contributed by atoms with Crippen molar-refractivity contribution in [2.24, 2.45) is 5.92 Å². The van der Waals surface area contributed by atoms with Gasteiger partial charge in [-0.2, -0.15) is 5.10 Å². The molecule has 3 atom stereocenters. The molecule has 2 saturated heterocycles. The first kappa shape index (κ1) is 21.8. The van der Waals surface area contributed by atoms with Crippen LogP contribution in [0.2, 0.25) is 5.02 Å². The minimum absolute atomic E-state index is 0.00161. The van der Waals surface area contributed by atoms with Crippen LogP contribution in [0.1, 0.15) is 50.3 Å². The average molecular weight is 445 g/mol. The van der Waals surface area contributed by atoms with Crippen molar-refractivity contribution in [1.29, 1.82) is 0 Å². The molecule has 1 aromatic carbocycles. The van der Waals surface area contributed by atoms with Gasteiger partial charge in [-0.15, -0.1) is 0 Å². The van der Waals surface area contributed by atoms with Crippen molar-refractivity contribution < 1.29 is 9.53 Å². The van der Waals surface area contributed by atoms with Crippen LogP contribution in [0, 0.1) is 5.92 Å². The van der Waals surface area contributed by atoms with E-state index in [1.807, 2.05) is 42.2 Å². The Hall–Kier alpha value is -2.38. The van der Waals surface area contributed by atoms with Crippen molar-refractivity contribution in [3.8, 4) is 0 Å². The van der Waals surface area contributed by atoms with E-state index in [9.17, 15) is 9.59 Å². The standard InChI is InChI=1S/C23H29ClN4O3/c1-16(18-7-3-2-4-8-18)27-10-9-19(12-21(27)29)28-23(30)22(24)20(14-26-28)25-13-17-6-5-11-31-15-17/h2-4,7-8,14,16-17,19,25H,5-6,9-13,15H2,1H3/t16-,17?,19?/m0/s1. The maximum absolute atomic E-state index is 12.9. The molecule has 8 heteroatoms. The summed E-state index contributed by atoms with van der Waals surface area (Å²) in [6, 6.07) is 9.70. The van der Waals surface area contributed by atoms with Gasteiger partial charge in [0.1, 0.15) is 5.02 Å². The third-order valence-corrected chi connectivity index (χ3v) is 6.67. The summed E-state index contributed by atoms with van der Waals surface area (Å²) >= 11 is 6.37. The van der Waals surface area contributed by atoms with E-state index in [4.69, 9.17) is 16.3 Å². The summed E-state index contributed by atoms with van der Waals surface area (Å²) in [6.07, 6.45) is 4.65. The topological polar surface area (TPSA) is 76.5 Å². The van der Waals surface area contributed by atoms with Gasteiger partial charge in [-0.3, -0.25) is 9.59 Å². The van der Waals surface area contributed by atoms with Gasteiger partial charge in [0.05, 0.1) is 30.6 Å². The van der Waals surface area contributed by atoms with Gasteiger partial charge < -0.3 is 15.0 Å². The Bertz CT molecular complexity index is 959. The number of carbonyl (C=O) groups is 1. The second-order valence-corrected chi connectivity index (χ2v) is 8.78. The Labute approximate surface area is 187 Å². The molecule has 2 aliphatic rings. The second kappa shape index (κ2) is 9.83. The van der Waals surface area contributed by atoms with Crippen molar-refractivity contribution in [2.75, 3.05) is 31.6 Å². The third-order valence-electron chi connectivity index (χ3n) is 6.31. The summed E-state index contributed by atoms with van der Waals surface area (Å²) in [5.74, 6) is 0.428. The van der Waals surface area contributed by atoms with Crippen LogP contribution in [0.5, 0.6) is 0 Å². The van der Waals surface area contributed by atoms with Crippen LogP contribution in [0.25, 0.3) is 0 Å². The lowest BCUT2D eigenvalue weighted by Crippen LogP contribution is -2.43. The lowest BCUT2D eigenvalue weighted by atomic mass is 9.99. The summed E-state index contributed by atoms with van der Waals surface area (Å²) < 4.78 is 6.87. The van der Waals surface area contributed by atoms with Gasteiger partial charge in [0.25, 0.3) is 5.56 Å². The Kier molecular flexibility index (Phi) is 6.92. The van der Waals surface area contributed by atoms with Crippen molar-refractivity contribution in [2.45, 2.75) is 44.7 Å².